The third kappa shape index (κ3) is 20.7. The van der Waals surface area contributed by atoms with Crippen molar-refractivity contribution in [1.82, 2.24) is 0 Å². The predicted octanol–water partition coefficient (Wildman–Crippen LogP) is -0.277. The zero-order valence-corrected chi connectivity index (χ0v) is 10.1. The van der Waals surface area contributed by atoms with Crippen LogP contribution < -0.4 is 4.74 Å². The largest absolute Gasteiger partial charge is 0.491 e. The quantitative estimate of drug-likeness (QED) is 0.429. The Kier molecular flexibility index (Phi) is 12.6. The SMILES string of the molecule is O=[N+]([O-])O.O=[N+]([O-])O.OCC(O)COc1ccccc1. The van der Waals surface area contributed by atoms with Gasteiger partial charge in [-0.15, -0.1) is 20.2 Å². The Hall–Kier alpha value is -2.66. The molecule has 0 amide bonds. The monoisotopic (exact) mass is 294 g/mol. The topological polar surface area (TPSA) is 176 Å². The van der Waals surface area contributed by atoms with Gasteiger partial charge >= 0.3 is 0 Å². The smallest absolute Gasteiger partial charge is 0.291 e. The minimum atomic E-state index is -1.50. The van der Waals surface area contributed by atoms with Gasteiger partial charge in [0.15, 0.2) is 0 Å². The highest BCUT2D eigenvalue weighted by Gasteiger charge is 2.01. The molecule has 0 aliphatic rings. The number of ether oxygens (including phenoxy) is 1. The number of aliphatic hydroxyl groups excluding tert-OH is 2. The molecule has 0 saturated carbocycles. The van der Waals surface area contributed by atoms with E-state index < -0.39 is 16.3 Å². The Morgan fingerprint density at radius 3 is 1.85 bits per heavy atom. The van der Waals surface area contributed by atoms with E-state index in [0.717, 1.165) is 0 Å². The first-order valence-corrected chi connectivity index (χ1v) is 4.92. The van der Waals surface area contributed by atoms with Gasteiger partial charge in [-0.2, -0.15) is 0 Å². The third-order valence-electron chi connectivity index (χ3n) is 1.40. The van der Waals surface area contributed by atoms with Crippen LogP contribution in [0.4, 0.5) is 0 Å². The van der Waals surface area contributed by atoms with Crippen LogP contribution >= 0.6 is 0 Å². The molecule has 114 valence electrons. The molecule has 20 heavy (non-hydrogen) atoms. The molecule has 0 spiro atoms. The summed E-state index contributed by atoms with van der Waals surface area (Å²) >= 11 is 0. The van der Waals surface area contributed by atoms with Crippen molar-refractivity contribution in [2.24, 2.45) is 0 Å². The molecule has 1 atom stereocenters. The van der Waals surface area contributed by atoms with Crippen molar-refractivity contribution in [3.8, 4) is 5.75 Å². The first-order valence-electron chi connectivity index (χ1n) is 4.92. The highest BCUT2D eigenvalue weighted by molar-refractivity contribution is 5.20. The van der Waals surface area contributed by atoms with Gasteiger partial charge in [-0.05, 0) is 12.1 Å². The summed E-state index contributed by atoms with van der Waals surface area (Å²) in [6, 6.07) is 9.17. The molecular weight excluding hydrogens is 280 g/mol. The summed E-state index contributed by atoms with van der Waals surface area (Å²) in [5.74, 6) is 0.699. The van der Waals surface area contributed by atoms with Gasteiger partial charge in [0, 0.05) is 0 Å². The summed E-state index contributed by atoms with van der Waals surface area (Å²) in [6.07, 6.45) is -0.801. The highest BCUT2D eigenvalue weighted by Crippen LogP contribution is 2.08. The Labute approximate surface area is 112 Å². The molecule has 0 aliphatic carbocycles. The van der Waals surface area contributed by atoms with Crippen molar-refractivity contribution >= 4 is 0 Å². The van der Waals surface area contributed by atoms with Crippen molar-refractivity contribution in [2.75, 3.05) is 13.2 Å². The molecule has 4 N–H and O–H groups in total. The number of nitrogens with zero attached hydrogens (tertiary/aromatic N) is 2. The molecule has 1 aromatic rings. The van der Waals surface area contributed by atoms with Crippen LogP contribution in [0.15, 0.2) is 30.3 Å². The van der Waals surface area contributed by atoms with Gasteiger partial charge in [0.05, 0.1) is 6.61 Å². The molecule has 1 rings (SSSR count). The molecular formula is C9H14N2O9. The minimum Gasteiger partial charge on any atom is -0.491 e. The maximum Gasteiger partial charge on any atom is 0.291 e. The lowest BCUT2D eigenvalue weighted by Gasteiger charge is -2.08. The molecule has 11 heteroatoms. The molecule has 0 fully saturated rings. The van der Waals surface area contributed by atoms with E-state index in [-0.39, 0.29) is 13.2 Å². The summed E-state index contributed by atoms with van der Waals surface area (Å²) in [4.78, 5) is 16.7. The predicted molar refractivity (Wildman–Crippen MR) is 62.6 cm³/mol. The van der Waals surface area contributed by atoms with Crippen LogP contribution in [0.25, 0.3) is 0 Å². The number of benzene rings is 1. The Morgan fingerprint density at radius 2 is 1.50 bits per heavy atom. The summed E-state index contributed by atoms with van der Waals surface area (Å²) in [5.41, 5.74) is 0. The van der Waals surface area contributed by atoms with Gasteiger partial charge in [-0.1, -0.05) is 18.2 Å². The lowest BCUT2D eigenvalue weighted by atomic mass is 10.3. The van der Waals surface area contributed by atoms with Gasteiger partial charge in [0.1, 0.15) is 18.5 Å². The van der Waals surface area contributed by atoms with Gasteiger partial charge < -0.3 is 25.4 Å². The van der Waals surface area contributed by atoms with Gasteiger partial charge in [-0.3, -0.25) is 0 Å². The summed E-state index contributed by atoms with van der Waals surface area (Å²) in [7, 11) is 0. The van der Waals surface area contributed by atoms with E-state index in [1.165, 1.54) is 0 Å². The van der Waals surface area contributed by atoms with E-state index in [1.54, 1.807) is 12.1 Å². The molecule has 11 nitrogen and oxygen atoms in total. The Bertz CT molecular complexity index is 353. The van der Waals surface area contributed by atoms with E-state index in [2.05, 4.69) is 0 Å². The first-order chi connectivity index (χ1) is 9.29. The van der Waals surface area contributed by atoms with Crippen molar-refractivity contribution in [3.05, 3.63) is 50.6 Å². The molecule has 1 aromatic carbocycles. The van der Waals surface area contributed by atoms with Crippen molar-refractivity contribution in [2.45, 2.75) is 6.10 Å². The van der Waals surface area contributed by atoms with Gasteiger partial charge in [0.2, 0.25) is 0 Å². The zero-order chi connectivity index (χ0) is 16.0. The second-order valence-electron chi connectivity index (χ2n) is 2.94. The van der Waals surface area contributed by atoms with Gasteiger partial charge in [-0.25, -0.2) is 0 Å². The second-order valence-corrected chi connectivity index (χ2v) is 2.94. The molecule has 0 heterocycles. The summed E-state index contributed by atoms with van der Waals surface area (Å²) < 4.78 is 5.15. The van der Waals surface area contributed by atoms with Crippen LogP contribution in [0, 0.1) is 20.2 Å². The highest BCUT2D eigenvalue weighted by atomic mass is 16.9. The third-order valence-corrected chi connectivity index (χ3v) is 1.40. The molecule has 0 bridgehead atoms. The number of aliphatic hydroxyl groups is 2. The Balaban J connectivity index is 0. The first kappa shape index (κ1) is 19.7. The molecule has 0 saturated heterocycles. The van der Waals surface area contributed by atoms with Crippen molar-refractivity contribution in [1.29, 1.82) is 0 Å². The fourth-order valence-corrected chi connectivity index (χ4v) is 0.762. The van der Waals surface area contributed by atoms with Crippen LogP contribution in [0.5, 0.6) is 5.75 Å². The number of rotatable bonds is 4. The van der Waals surface area contributed by atoms with E-state index in [9.17, 15) is 0 Å². The molecule has 1 unspecified atom stereocenters. The zero-order valence-electron chi connectivity index (χ0n) is 10.1. The maximum absolute atomic E-state index is 8.94. The van der Waals surface area contributed by atoms with Crippen LogP contribution in [-0.2, 0) is 0 Å². The molecule has 0 aromatic heterocycles. The van der Waals surface area contributed by atoms with Crippen molar-refractivity contribution < 1.29 is 35.5 Å². The fourth-order valence-electron chi connectivity index (χ4n) is 0.762. The lowest BCUT2D eigenvalue weighted by molar-refractivity contribution is -0.742. The summed E-state index contributed by atoms with van der Waals surface area (Å²) in [5, 5.41) is 44.7. The van der Waals surface area contributed by atoms with E-state index in [0.29, 0.717) is 5.75 Å². The standard InChI is InChI=1S/C9H12O3.2HNO3/c10-6-8(11)7-12-9-4-2-1-3-5-9;2*2-1(3)4/h1-5,8,10-11H,6-7H2;2*(H,2,3,4). The minimum absolute atomic E-state index is 0.126. The lowest BCUT2D eigenvalue weighted by Crippen LogP contribution is -2.21. The van der Waals surface area contributed by atoms with Gasteiger partial charge in [0.25, 0.3) is 10.2 Å². The molecule has 0 radical (unpaired) electrons. The van der Waals surface area contributed by atoms with Crippen molar-refractivity contribution in [3.63, 3.8) is 0 Å². The number of para-hydroxylation sites is 1. The Morgan fingerprint density at radius 1 is 1.10 bits per heavy atom. The average molecular weight is 294 g/mol. The van der Waals surface area contributed by atoms with E-state index >= 15 is 0 Å². The van der Waals surface area contributed by atoms with Crippen LogP contribution in [0.2, 0.25) is 0 Å². The van der Waals surface area contributed by atoms with Crippen LogP contribution in [-0.4, -0.2) is 50.1 Å². The number of hydrogen-bond acceptors (Lipinski definition) is 7. The fraction of sp³-hybridized carbons (Fsp3) is 0.333. The van der Waals surface area contributed by atoms with Crippen LogP contribution in [0.3, 0.4) is 0 Å². The normalized spacial score (nSPS) is 9.90. The molecule has 0 aliphatic heterocycles. The number of hydrogen-bond donors (Lipinski definition) is 4. The summed E-state index contributed by atoms with van der Waals surface area (Å²) in [6.45, 7) is -0.145. The van der Waals surface area contributed by atoms with Crippen LogP contribution in [0.1, 0.15) is 0 Å². The van der Waals surface area contributed by atoms with E-state index in [4.69, 9.17) is 45.6 Å². The van der Waals surface area contributed by atoms with E-state index in [1.807, 2.05) is 18.2 Å². The maximum atomic E-state index is 8.94. The average Bonchev–Trinajstić information content (AvgIpc) is 2.36. The second kappa shape index (κ2) is 12.8.